The van der Waals surface area contributed by atoms with Crippen molar-refractivity contribution in [3.63, 3.8) is 0 Å². The topological polar surface area (TPSA) is 63.2 Å². The summed E-state index contributed by atoms with van der Waals surface area (Å²) in [6.07, 6.45) is 0. The van der Waals surface area contributed by atoms with Crippen LogP contribution in [0.2, 0.25) is 30.7 Å². The van der Waals surface area contributed by atoms with E-state index in [1.54, 1.807) is 24.3 Å². The van der Waals surface area contributed by atoms with Gasteiger partial charge in [-0.2, -0.15) is 0 Å². The maximum Gasteiger partial charge on any atom is 0.212 e. The van der Waals surface area contributed by atoms with Gasteiger partial charge in [-0.25, -0.2) is 13.1 Å². The second-order valence-electron chi connectivity index (χ2n) is 6.81. The number of nitrogens with one attached hydrogen (secondary N) is 1. The lowest BCUT2D eigenvalue weighted by Crippen LogP contribution is -2.35. The summed E-state index contributed by atoms with van der Waals surface area (Å²) in [6, 6.07) is 6.60. The first-order chi connectivity index (χ1) is 10.4. The highest BCUT2D eigenvalue weighted by molar-refractivity contribution is 7.89. The highest BCUT2D eigenvalue weighted by Crippen LogP contribution is 2.24. The minimum absolute atomic E-state index is 0.0536. The number of benzene rings is 1. The van der Waals surface area contributed by atoms with Crippen LogP contribution in [0.1, 0.15) is 18.5 Å². The van der Waals surface area contributed by atoms with E-state index < -0.39 is 24.1 Å². The summed E-state index contributed by atoms with van der Waals surface area (Å²) in [7, 11) is -4.99. The molecule has 4 nitrogen and oxygen atoms in total. The second kappa shape index (κ2) is 7.74. The number of hydrogen-bond donors (Lipinski definition) is 1. The van der Waals surface area contributed by atoms with Crippen LogP contribution in [0.3, 0.4) is 0 Å². The van der Waals surface area contributed by atoms with Crippen LogP contribution in [-0.2, 0) is 14.8 Å². The smallest absolute Gasteiger partial charge is 0.212 e. The molecule has 0 aliphatic heterocycles. The van der Waals surface area contributed by atoms with Crippen molar-refractivity contribution in [2.24, 2.45) is 0 Å². The fourth-order valence-corrected chi connectivity index (χ4v) is 6.28. The largest absolute Gasteiger partial charge is 0.295 e. The van der Waals surface area contributed by atoms with Gasteiger partial charge in [-0.3, -0.25) is 4.79 Å². The molecular weight excluding hydrogens is 350 g/mol. The van der Waals surface area contributed by atoms with E-state index in [-0.39, 0.29) is 17.1 Å². The Balaban J connectivity index is 3.04. The number of Topliss-reactive ketones (excluding diaryl/α,β-unsaturated/α-hetero) is 1. The number of rotatable bonds is 8. The highest BCUT2D eigenvalue weighted by Gasteiger charge is 2.26. The van der Waals surface area contributed by atoms with Crippen molar-refractivity contribution in [2.45, 2.75) is 38.7 Å². The molecule has 1 aromatic rings. The van der Waals surface area contributed by atoms with Crippen molar-refractivity contribution < 1.29 is 13.2 Å². The number of sulfonamides is 1. The van der Waals surface area contributed by atoms with Crippen LogP contribution in [0.15, 0.2) is 36.4 Å². The van der Waals surface area contributed by atoms with E-state index in [1.807, 2.05) is 0 Å². The Hall–Kier alpha value is -0.953. The lowest BCUT2D eigenvalue weighted by Gasteiger charge is -2.22. The van der Waals surface area contributed by atoms with E-state index in [0.717, 1.165) is 0 Å². The molecule has 0 aromatic heterocycles. The standard InChI is InChI=1S/C16H24ClNO3SSi/c1-12(13(2)19)16(14-6-8-15(17)9-7-14)18-22(20,21)10-11-23(3,4)5/h6-9,16,18H,1,10-11H2,2-5H3/t16-/m1/s1. The van der Waals surface area contributed by atoms with E-state index in [9.17, 15) is 13.2 Å². The molecule has 1 rings (SSSR count). The van der Waals surface area contributed by atoms with Crippen LogP contribution in [0.5, 0.6) is 0 Å². The van der Waals surface area contributed by atoms with Crippen LogP contribution in [0.25, 0.3) is 0 Å². The Kier molecular flexibility index (Phi) is 6.77. The molecule has 0 spiro atoms. The number of ketones is 1. The third kappa shape index (κ3) is 6.99. The SMILES string of the molecule is C=C(C(C)=O)[C@@H](NS(=O)(=O)CC[Si](C)(C)C)c1ccc(Cl)cc1. The molecule has 7 heteroatoms. The van der Waals surface area contributed by atoms with Gasteiger partial charge in [0.05, 0.1) is 11.8 Å². The molecule has 0 bridgehead atoms. The van der Waals surface area contributed by atoms with Gasteiger partial charge in [-0.1, -0.05) is 50.0 Å². The number of carbonyl (C=O) groups is 1. The summed E-state index contributed by atoms with van der Waals surface area (Å²) in [5.74, 6) is -0.198. The van der Waals surface area contributed by atoms with Crippen molar-refractivity contribution in [1.82, 2.24) is 4.72 Å². The predicted molar refractivity (Wildman–Crippen MR) is 99.1 cm³/mol. The highest BCUT2D eigenvalue weighted by atomic mass is 35.5. The Labute approximate surface area is 145 Å². The minimum Gasteiger partial charge on any atom is -0.295 e. The fourth-order valence-electron chi connectivity index (χ4n) is 1.88. The Morgan fingerprint density at radius 2 is 1.78 bits per heavy atom. The zero-order chi connectivity index (χ0) is 17.8. The lowest BCUT2D eigenvalue weighted by molar-refractivity contribution is -0.113. The van der Waals surface area contributed by atoms with Gasteiger partial charge in [-0.05, 0) is 30.7 Å². The van der Waals surface area contributed by atoms with Gasteiger partial charge in [0.15, 0.2) is 5.78 Å². The average molecular weight is 374 g/mol. The van der Waals surface area contributed by atoms with Gasteiger partial charge in [0.2, 0.25) is 10.0 Å². The van der Waals surface area contributed by atoms with Crippen LogP contribution < -0.4 is 4.72 Å². The van der Waals surface area contributed by atoms with Crippen molar-refractivity contribution in [2.75, 3.05) is 5.75 Å². The molecule has 0 radical (unpaired) electrons. The molecule has 0 aliphatic rings. The van der Waals surface area contributed by atoms with Crippen molar-refractivity contribution in [3.8, 4) is 0 Å². The summed E-state index contributed by atoms with van der Waals surface area (Å²) < 4.78 is 27.4. The summed E-state index contributed by atoms with van der Waals surface area (Å²) in [5.41, 5.74) is 0.857. The normalized spacial score (nSPS) is 13.6. The quantitative estimate of drug-likeness (QED) is 0.557. The molecule has 0 amide bonds. The van der Waals surface area contributed by atoms with Gasteiger partial charge in [-0.15, -0.1) is 0 Å². The first-order valence-electron chi connectivity index (χ1n) is 7.36. The third-order valence-electron chi connectivity index (χ3n) is 3.42. The molecule has 0 saturated heterocycles. The van der Waals surface area contributed by atoms with Crippen molar-refractivity contribution in [3.05, 3.63) is 47.0 Å². The maximum atomic E-state index is 12.4. The summed E-state index contributed by atoms with van der Waals surface area (Å²) in [6.45, 7) is 11.5. The second-order valence-corrected chi connectivity index (χ2v) is 14.7. The maximum absolute atomic E-state index is 12.4. The molecule has 1 aromatic carbocycles. The summed E-state index contributed by atoms with van der Waals surface area (Å²) in [5, 5.41) is 0.544. The predicted octanol–water partition coefficient (Wildman–Crippen LogP) is 3.78. The average Bonchev–Trinajstić information content (AvgIpc) is 2.42. The Morgan fingerprint density at radius 1 is 1.26 bits per heavy atom. The van der Waals surface area contributed by atoms with E-state index in [4.69, 9.17) is 11.6 Å². The summed E-state index contributed by atoms with van der Waals surface area (Å²) >= 11 is 5.87. The zero-order valence-electron chi connectivity index (χ0n) is 14.0. The molecule has 0 unspecified atom stereocenters. The van der Waals surface area contributed by atoms with Crippen LogP contribution in [0, 0.1) is 0 Å². The van der Waals surface area contributed by atoms with E-state index in [1.165, 1.54) is 6.92 Å². The van der Waals surface area contributed by atoms with Crippen LogP contribution in [-0.4, -0.2) is 28.0 Å². The van der Waals surface area contributed by atoms with E-state index in [0.29, 0.717) is 16.6 Å². The molecule has 0 heterocycles. The molecule has 1 N–H and O–H groups in total. The first-order valence-corrected chi connectivity index (χ1v) is 13.1. The first kappa shape index (κ1) is 20.1. The molecule has 0 aliphatic carbocycles. The van der Waals surface area contributed by atoms with Gasteiger partial charge >= 0.3 is 0 Å². The number of carbonyl (C=O) groups excluding carboxylic acids is 1. The van der Waals surface area contributed by atoms with Gasteiger partial charge in [0.25, 0.3) is 0 Å². The summed E-state index contributed by atoms with van der Waals surface area (Å²) in [4.78, 5) is 11.7. The van der Waals surface area contributed by atoms with Crippen LogP contribution >= 0.6 is 11.6 Å². The molecule has 1 atom stereocenters. The van der Waals surface area contributed by atoms with Crippen LogP contribution in [0.4, 0.5) is 0 Å². The number of hydrogen-bond acceptors (Lipinski definition) is 3. The fraction of sp³-hybridized carbons (Fsp3) is 0.438. The van der Waals surface area contributed by atoms with E-state index in [2.05, 4.69) is 30.9 Å². The minimum atomic E-state index is -3.51. The van der Waals surface area contributed by atoms with Gasteiger partial charge in [0.1, 0.15) is 0 Å². The molecule has 128 valence electrons. The Bertz CT molecular complexity index is 678. The monoisotopic (exact) mass is 373 g/mol. The zero-order valence-corrected chi connectivity index (χ0v) is 16.6. The molecular formula is C16H24ClNO3SSi. The molecule has 23 heavy (non-hydrogen) atoms. The Morgan fingerprint density at radius 3 is 2.22 bits per heavy atom. The van der Waals surface area contributed by atoms with Gasteiger partial charge in [0, 0.05) is 18.7 Å². The number of halogens is 1. The third-order valence-corrected chi connectivity index (χ3v) is 7.12. The van der Waals surface area contributed by atoms with Crippen molar-refractivity contribution >= 4 is 35.5 Å². The molecule has 0 saturated carbocycles. The molecule has 0 fully saturated rings. The van der Waals surface area contributed by atoms with Crippen molar-refractivity contribution in [1.29, 1.82) is 0 Å². The lowest BCUT2D eigenvalue weighted by atomic mass is 9.98. The van der Waals surface area contributed by atoms with E-state index >= 15 is 0 Å². The van der Waals surface area contributed by atoms with Gasteiger partial charge < -0.3 is 0 Å².